The summed E-state index contributed by atoms with van der Waals surface area (Å²) in [5.74, 6) is 0. The van der Waals surface area contributed by atoms with Gasteiger partial charge in [-0.3, -0.25) is 0 Å². The van der Waals surface area contributed by atoms with E-state index in [1.54, 1.807) is 14.2 Å². The molecule has 1 aliphatic rings. The smallest absolute Gasteiger partial charge is 0.186 e. The lowest BCUT2D eigenvalue weighted by Crippen LogP contribution is -2.41. The highest BCUT2D eigenvalue weighted by Crippen LogP contribution is 2.41. The first kappa shape index (κ1) is 39.2. The summed E-state index contributed by atoms with van der Waals surface area (Å²) in [4.78, 5) is 0. The summed E-state index contributed by atoms with van der Waals surface area (Å²) in [5, 5.41) is 0. The van der Waals surface area contributed by atoms with Gasteiger partial charge in [-0.2, -0.15) is 0 Å². The summed E-state index contributed by atoms with van der Waals surface area (Å²) in [6, 6.07) is 31.3. The second-order valence-electron chi connectivity index (χ2n) is 13.7. The van der Waals surface area contributed by atoms with Gasteiger partial charge in [0.15, 0.2) is 6.29 Å². The van der Waals surface area contributed by atoms with Gasteiger partial charge >= 0.3 is 0 Å². The lowest BCUT2D eigenvalue weighted by atomic mass is 9.80. The summed E-state index contributed by atoms with van der Waals surface area (Å²) < 4.78 is 31.7. The number of rotatable bonds is 26. The molecule has 0 bridgehead atoms. The molecule has 1 fully saturated rings. The van der Waals surface area contributed by atoms with E-state index in [2.05, 4.69) is 79.7 Å². The standard InChI is InChI=1S/C44H64O5/c1-4-5-6-7-8-9-10-11-12-13-14-15-16-17-18-28-35-47-42-41(45-2)40(49-43(42)46-3)36-48-44(37-29-22-19-23-30-37,38-31-24-20-25-32-38)39-33-26-21-27-34-39/h19-27,29-34,40-43H,4-18,28,35-36H2,1-3H3/t40-,41+,42-,43+/m1/s1. The fourth-order valence-corrected chi connectivity index (χ4v) is 7.32. The summed E-state index contributed by atoms with van der Waals surface area (Å²) in [6.07, 6.45) is 20.1. The van der Waals surface area contributed by atoms with Crippen molar-refractivity contribution in [1.29, 1.82) is 0 Å². The van der Waals surface area contributed by atoms with Gasteiger partial charge < -0.3 is 23.7 Å². The van der Waals surface area contributed by atoms with Crippen molar-refractivity contribution in [2.75, 3.05) is 27.4 Å². The summed E-state index contributed by atoms with van der Waals surface area (Å²) in [7, 11) is 3.40. The molecule has 0 aliphatic carbocycles. The maximum Gasteiger partial charge on any atom is 0.186 e. The average Bonchev–Trinajstić information content (AvgIpc) is 3.50. The Hall–Kier alpha value is -2.54. The highest BCUT2D eigenvalue weighted by Gasteiger charge is 2.48. The monoisotopic (exact) mass is 672 g/mol. The molecular weight excluding hydrogens is 608 g/mol. The van der Waals surface area contributed by atoms with Crippen molar-refractivity contribution in [3.8, 4) is 0 Å². The molecule has 1 saturated heterocycles. The molecule has 4 atom stereocenters. The van der Waals surface area contributed by atoms with Crippen molar-refractivity contribution >= 4 is 0 Å². The largest absolute Gasteiger partial charge is 0.376 e. The van der Waals surface area contributed by atoms with Crippen molar-refractivity contribution in [3.63, 3.8) is 0 Å². The quantitative estimate of drug-likeness (QED) is 0.0627. The molecule has 0 amide bonds. The zero-order valence-electron chi connectivity index (χ0n) is 30.7. The van der Waals surface area contributed by atoms with Crippen molar-refractivity contribution in [2.24, 2.45) is 0 Å². The van der Waals surface area contributed by atoms with Crippen LogP contribution in [0.15, 0.2) is 91.0 Å². The highest BCUT2D eigenvalue weighted by molar-refractivity contribution is 5.47. The molecule has 49 heavy (non-hydrogen) atoms. The van der Waals surface area contributed by atoms with Crippen LogP contribution in [0.25, 0.3) is 0 Å². The number of ether oxygens (including phenoxy) is 5. The molecule has 1 heterocycles. The zero-order valence-corrected chi connectivity index (χ0v) is 30.7. The van der Waals surface area contributed by atoms with E-state index in [1.165, 1.54) is 96.3 Å². The van der Waals surface area contributed by atoms with Gasteiger partial charge in [0.2, 0.25) is 0 Å². The van der Waals surface area contributed by atoms with Crippen molar-refractivity contribution < 1.29 is 23.7 Å². The second-order valence-corrected chi connectivity index (χ2v) is 13.7. The second kappa shape index (κ2) is 23.0. The summed E-state index contributed by atoms with van der Waals surface area (Å²) >= 11 is 0. The molecule has 1 aliphatic heterocycles. The first-order valence-electron chi connectivity index (χ1n) is 19.4. The average molecular weight is 673 g/mol. The first-order chi connectivity index (χ1) is 24.2. The molecule has 0 spiro atoms. The molecule has 3 aromatic rings. The van der Waals surface area contributed by atoms with E-state index in [0.717, 1.165) is 23.1 Å². The molecule has 0 unspecified atom stereocenters. The van der Waals surface area contributed by atoms with Crippen molar-refractivity contribution in [3.05, 3.63) is 108 Å². The lowest BCUT2D eigenvalue weighted by molar-refractivity contribution is -0.171. The Morgan fingerprint density at radius 2 is 0.918 bits per heavy atom. The Morgan fingerprint density at radius 1 is 0.510 bits per heavy atom. The normalized spacial score (nSPS) is 19.4. The molecular formula is C44H64O5. The molecule has 5 heteroatoms. The van der Waals surface area contributed by atoms with Gasteiger partial charge in [0.05, 0.1) is 6.61 Å². The van der Waals surface area contributed by atoms with Gasteiger partial charge in [0.25, 0.3) is 0 Å². The molecule has 5 nitrogen and oxygen atoms in total. The van der Waals surface area contributed by atoms with E-state index in [4.69, 9.17) is 23.7 Å². The van der Waals surface area contributed by atoms with Crippen LogP contribution in [0.3, 0.4) is 0 Å². The Morgan fingerprint density at radius 3 is 1.31 bits per heavy atom. The van der Waals surface area contributed by atoms with E-state index >= 15 is 0 Å². The predicted octanol–water partition coefficient (Wildman–Crippen LogP) is 11.0. The minimum absolute atomic E-state index is 0.302. The van der Waals surface area contributed by atoms with Gasteiger partial charge in [0, 0.05) is 20.8 Å². The van der Waals surface area contributed by atoms with E-state index < -0.39 is 11.9 Å². The predicted molar refractivity (Wildman–Crippen MR) is 201 cm³/mol. The lowest BCUT2D eigenvalue weighted by Gasteiger charge is -2.37. The van der Waals surface area contributed by atoms with Crippen LogP contribution in [0, 0.1) is 0 Å². The molecule has 0 aromatic heterocycles. The van der Waals surface area contributed by atoms with Gasteiger partial charge in [-0.25, -0.2) is 0 Å². The van der Waals surface area contributed by atoms with E-state index in [0.29, 0.717) is 13.2 Å². The Kier molecular flexibility index (Phi) is 18.5. The fraction of sp³-hybridized carbons (Fsp3) is 0.591. The third-order valence-electron chi connectivity index (χ3n) is 10.1. The van der Waals surface area contributed by atoms with Crippen LogP contribution in [-0.2, 0) is 29.3 Å². The number of methoxy groups -OCH3 is 2. The third-order valence-corrected chi connectivity index (χ3v) is 10.1. The Bertz CT molecular complexity index is 1120. The number of hydrogen-bond acceptors (Lipinski definition) is 5. The maximum absolute atomic E-state index is 7.07. The highest BCUT2D eigenvalue weighted by atomic mass is 16.7. The van der Waals surface area contributed by atoms with E-state index in [1.807, 2.05) is 18.2 Å². The van der Waals surface area contributed by atoms with Gasteiger partial charge in [-0.15, -0.1) is 0 Å². The van der Waals surface area contributed by atoms with E-state index in [-0.39, 0.29) is 18.3 Å². The number of hydrogen-bond donors (Lipinski definition) is 0. The summed E-state index contributed by atoms with van der Waals surface area (Å²) in [6.45, 7) is 3.26. The van der Waals surface area contributed by atoms with Crippen LogP contribution >= 0.6 is 0 Å². The van der Waals surface area contributed by atoms with Crippen LogP contribution in [0.2, 0.25) is 0 Å². The van der Waals surface area contributed by atoms with Crippen LogP contribution in [0.4, 0.5) is 0 Å². The maximum atomic E-state index is 7.07. The van der Waals surface area contributed by atoms with Crippen LogP contribution in [0.1, 0.15) is 126 Å². The Labute approximate surface area is 298 Å². The van der Waals surface area contributed by atoms with Gasteiger partial charge in [-0.05, 0) is 23.1 Å². The molecule has 0 saturated carbocycles. The topological polar surface area (TPSA) is 46.2 Å². The third kappa shape index (κ3) is 12.0. The summed E-state index contributed by atoms with van der Waals surface area (Å²) in [5.41, 5.74) is 2.33. The minimum Gasteiger partial charge on any atom is -0.376 e. The van der Waals surface area contributed by atoms with Gasteiger partial charge in [0.1, 0.15) is 23.9 Å². The molecule has 3 aromatic carbocycles. The van der Waals surface area contributed by atoms with Crippen LogP contribution in [0.5, 0.6) is 0 Å². The zero-order chi connectivity index (χ0) is 34.4. The molecule has 4 rings (SSSR count). The SMILES string of the molecule is CCCCCCCCCCCCCCCCCCO[C@H]1[C@@H](OC)O[C@H](COC(c2ccccc2)(c2ccccc2)c2ccccc2)[C@@H]1OC. The first-order valence-corrected chi connectivity index (χ1v) is 19.4. The number of unbranched alkanes of at least 4 members (excludes halogenated alkanes) is 15. The molecule has 0 N–H and O–H groups in total. The van der Waals surface area contributed by atoms with Crippen molar-refractivity contribution in [1.82, 2.24) is 0 Å². The Balaban J connectivity index is 1.22. The minimum atomic E-state index is -0.833. The van der Waals surface area contributed by atoms with Gasteiger partial charge in [-0.1, -0.05) is 194 Å². The van der Waals surface area contributed by atoms with Crippen molar-refractivity contribution in [2.45, 2.75) is 140 Å². The molecule has 270 valence electrons. The van der Waals surface area contributed by atoms with Crippen LogP contribution in [-0.4, -0.2) is 52.0 Å². The number of benzene rings is 3. The molecule has 0 radical (unpaired) electrons. The fourth-order valence-electron chi connectivity index (χ4n) is 7.32. The van der Waals surface area contributed by atoms with E-state index in [9.17, 15) is 0 Å². The van der Waals surface area contributed by atoms with Crippen LogP contribution < -0.4 is 0 Å².